The molecule has 0 heterocycles. The number of nitrogens with one attached hydrogen (secondary N) is 3. The zero-order valence-corrected chi connectivity index (χ0v) is 29.5. The van der Waals surface area contributed by atoms with Gasteiger partial charge >= 0.3 is 0 Å². The summed E-state index contributed by atoms with van der Waals surface area (Å²) in [5, 5.41) is 6.16. The van der Waals surface area contributed by atoms with Crippen molar-refractivity contribution in [2.75, 3.05) is 14.1 Å². The van der Waals surface area contributed by atoms with Crippen molar-refractivity contribution >= 4 is 27.7 Å². The Balaban J connectivity index is 2.30. The summed E-state index contributed by atoms with van der Waals surface area (Å²) in [5.41, 5.74) is 1.34. The highest BCUT2D eigenvalue weighted by Crippen LogP contribution is 2.29. The summed E-state index contributed by atoms with van der Waals surface area (Å²) in [7, 11) is -0.595. The van der Waals surface area contributed by atoms with E-state index in [-0.39, 0.29) is 29.1 Å². The number of rotatable bonds is 13. The molecule has 0 aliphatic heterocycles. The predicted molar refractivity (Wildman–Crippen MR) is 181 cm³/mol. The van der Waals surface area contributed by atoms with E-state index in [4.69, 9.17) is 0 Å². The second-order valence-corrected chi connectivity index (χ2v) is 15.5. The molecule has 0 bridgehead atoms. The zero-order valence-electron chi connectivity index (χ0n) is 28.7. The molecule has 0 saturated heterocycles. The average Bonchev–Trinajstić information content (AvgIpc) is 2.94. The van der Waals surface area contributed by atoms with Gasteiger partial charge in [0.05, 0.1) is 17.8 Å². The topological polar surface area (TPSA) is 125 Å². The van der Waals surface area contributed by atoms with Crippen molar-refractivity contribution in [1.82, 2.24) is 20.3 Å². The third-order valence-electron chi connectivity index (χ3n) is 8.30. The van der Waals surface area contributed by atoms with Crippen LogP contribution in [0.15, 0.2) is 66.2 Å². The summed E-state index contributed by atoms with van der Waals surface area (Å²) in [6.07, 6.45) is 1.61. The number of sulfonamides is 1. The molecule has 2 aromatic rings. The molecule has 2 aromatic carbocycles. The fraction of sp³-hybridized carbons (Fsp3) is 0.514. The number of nitrogens with zero attached hydrogens (tertiary/aromatic N) is 1. The monoisotopic (exact) mass is 640 g/mol. The number of carbonyl (C=O) groups is 3. The zero-order chi connectivity index (χ0) is 34.3. The Kier molecular flexibility index (Phi) is 12.7. The van der Waals surface area contributed by atoms with E-state index in [0.717, 1.165) is 11.1 Å². The van der Waals surface area contributed by atoms with Crippen LogP contribution in [0.2, 0.25) is 0 Å². The minimum atomic E-state index is -3.96. The fourth-order valence-corrected chi connectivity index (χ4v) is 6.65. The molecule has 0 aliphatic rings. The molecule has 0 spiro atoms. The van der Waals surface area contributed by atoms with Gasteiger partial charge in [-0.15, -0.1) is 0 Å². The van der Waals surface area contributed by atoms with Crippen molar-refractivity contribution in [3.8, 4) is 0 Å². The van der Waals surface area contributed by atoms with Gasteiger partial charge in [0.25, 0.3) is 5.91 Å². The van der Waals surface area contributed by atoms with E-state index < -0.39 is 44.9 Å². The van der Waals surface area contributed by atoms with Crippen LogP contribution in [0.5, 0.6) is 0 Å². The number of likely N-dealkylation sites (N-methyl/N-ethyl adjacent to an activating group) is 2. The van der Waals surface area contributed by atoms with Crippen LogP contribution < -0.4 is 15.4 Å². The third kappa shape index (κ3) is 9.99. The Hall–Kier alpha value is -3.50. The first kappa shape index (κ1) is 37.7. The van der Waals surface area contributed by atoms with E-state index in [1.54, 1.807) is 32.3 Å². The quantitative estimate of drug-likeness (QED) is 0.278. The molecule has 0 aromatic heterocycles. The van der Waals surface area contributed by atoms with Gasteiger partial charge in [-0.1, -0.05) is 109 Å². The summed E-state index contributed by atoms with van der Waals surface area (Å²) < 4.78 is 27.8. The fourth-order valence-electron chi connectivity index (χ4n) is 5.40. The molecule has 3 amide bonds. The molecule has 10 heteroatoms. The van der Waals surface area contributed by atoms with E-state index in [0.29, 0.717) is 5.56 Å². The lowest BCUT2D eigenvalue weighted by Crippen LogP contribution is -2.61. The summed E-state index contributed by atoms with van der Waals surface area (Å²) in [6.45, 7) is 16.8. The number of benzene rings is 2. The van der Waals surface area contributed by atoms with Crippen LogP contribution in [0.3, 0.4) is 0 Å². The smallest absolute Gasteiger partial charge is 0.260 e. The van der Waals surface area contributed by atoms with E-state index in [9.17, 15) is 22.8 Å². The molecule has 0 radical (unpaired) electrons. The number of carbonyl (C=O) groups excluding carboxylic acids is 3. The molecule has 9 nitrogen and oxygen atoms in total. The van der Waals surface area contributed by atoms with Gasteiger partial charge in [0, 0.05) is 18.0 Å². The highest BCUT2D eigenvalue weighted by atomic mass is 32.2. The van der Waals surface area contributed by atoms with Gasteiger partial charge in [0.1, 0.15) is 6.04 Å². The molecule has 248 valence electrons. The summed E-state index contributed by atoms with van der Waals surface area (Å²) in [5.74, 6) is -1.83. The molecular formula is C35H52N4O5S. The number of hydrogen-bond acceptors (Lipinski definition) is 6. The minimum absolute atomic E-state index is 0.122. The van der Waals surface area contributed by atoms with Gasteiger partial charge < -0.3 is 15.5 Å². The molecular weight excluding hydrogens is 588 g/mol. The maximum Gasteiger partial charge on any atom is 0.260 e. The number of aryl methyl sites for hydroxylation is 1. The van der Waals surface area contributed by atoms with Gasteiger partial charge in [0.15, 0.2) is 0 Å². The molecule has 3 atom stereocenters. The van der Waals surface area contributed by atoms with Gasteiger partial charge in [-0.3, -0.25) is 14.4 Å². The Bertz CT molecular complexity index is 1480. The second kappa shape index (κ2) is 15.2. The van der Waals surface area contributed by atoms with Crippen molar-refractivity contribution in [1.29, 1.82) is 0 Å². The first-order valence-electron chi connectivity index (χ1n) is 15.3. The molecule has 0 aliphatic carbocycles. The minimum Gasteiger partial charge on any atom is -0.342 e. The van der Waals surface area contributed by atoms with Crippen molar-refractivity contribution in [3.63, 3.8) is 0 Å². The molecule has 2 rings (SSSR count). The average molecular weight is 641 g/mol. The summed E-state index contributed by atoms with van der Waals surface area (Å²) in [4.78, 5) is 42.4. The largest absolute Gasteiger partial charge is 0.342 e. The first-order chi connectivity index (χ1) is 20.7. The standard InChI is InChI=1S/C35H52N4O5S/c1-23(2)28(21-25(4)31(40)38-45(43,44)22-26-18-16-15-17-24(26)3)39(11)33(42)30(34(5,6)7)37-32(41)29(36-10)35(8,9)27-19-13-12-14-20-27/h12-21,23,28-30,36H,22H2,1-11H3,(H,37,41)(H,38,40)/b25-21+/t28-,29-,30?/m1/s1. The van der Waals surface area contributed by atoms with Crippen molar-refractivity contribution in [3.05, 3.63) is 82.9 Å². The van der Waals surface area contributed by atoms with Crippen LogP contribution in [0, 0.1) is 18.3 Å². The predicted octanol–water partition coefficient (Wildman–Crippen LogP) is 4.47. The van der Waals surface area contributed by atoms with Crippen molar-refractivity contribution in [2.45, 2.75) is 91.6 Å². The summed E-state index contributed by atoms with van der Waals surface area (Å²) >= 11 is 0. The van der Waals surface area contributed by atoms with Crippen LogP contribution in [0.25, 0.3) is 0 Å². The lowest BCUT2D eigenvalue weighted by atomic mass is 9.76. The SMILES string of the molecule is CN[C@H](C(=O)NC(C(=O)N(C)[C@H](/C=C(\C)C(=O)NS(=O)(=O)Cc1ccccc1C)C(C)C)C(C)(C)C)C(C)(C)c1ccccc1. The van der Waals surface area contributed by atoms with Crippen LogP contribution in [-0.4, -0.2) is 63.3 Å². The van der Waals surface area contributed by atoms with E-state index in [2.05, 4.69) is 15.4 Å². The van der Waals surface area contributed by atoms with Crippen molar-refractivity contribution in [2.24, 2.45) is 11.3 Å². The third-order valence-corrected chi connectivity index (χ3v) is 9.49. The lowest BCUT2D eigenvalue weighted by Gasteiger charge is -2.40. The maximum absolute atomic E-state index is 14.1. The summed E-state index contributed by atoms with van der Waals surface area (Å²) in [6, 6.07) is 14.8. The van der Waals surface area contributed by atoms with E-state index in [1.807, 2.05) is 97.9 Å². The Morgan fingerprint density at radius 2 is 1.47 bits per heavy atom. The van der Waals surface area contributed by atoms with E-state index in [1.165, 1.54) is 11.8 Å². The molecule has 0 saturated carbocycles. The molecule has 0 fully saturated rings. The highest BCUT2D eigenvalue weighted by Gasteiger charge is 2.41. The maximum atomic E-state index is 14.1. The van der Waals surface area contributed by atoms with Crippen LogP contribution in [0.4, 0.5) is 0 Å². The van der Waals surface area contributed by atoms with Gasteiger partial charge in [-0.2, -0.15) is 0 Å². The lowest BCUT2D eigenvalue weighted by molar-refractivity contribution is -0.140. The van der Waals surface area contributed by atoms with Gasteiger partial charge in [-0.05, 0) is 48.9 Å². The number of amides is 3. The van der Waals surface area contributed by atoms with Crippen LogP contribution >= 0.6 is 0 Å². The Labute approximate surface area is 270 Å². The van der Waals surface area contributed by atoms with Crippen molar-refractivity contribution < 1.29 is 22.8 Å². The second-order valence-electron chi connectivity index (χ2n) is 13.8. The highest BCUT2D eigenvalue weighted by molar-refractivity contribution is 7.89. The first-order valence-corrected chi connectivity index (χ1v) is 17.0. The molecule has 45 heavy (non-hydrogen) atoms. The molecule has 3 N–H and O–H groups in total. The van der Waals surface area contributed by atoms with Gasteiger partial charge in [0.2, 0.25) is 21.8 Å². The Morgan fingerprint density at radius 1 is 0.911 bits per heavy atom. The normalized spacial score (nSPS) is 14.8. The van der Waals surface area contributed by atoms with E-state index >= 15 is 0 Å². The van der Waals surface area contributed by atoms with Gasteiger partial charge in [-0.25, -0.2) is 13.1 Å². The van der Waals surface area contributed by atoms with Crippen LogP contribution in [-0.2, 0) is 35.6 Å². The molecule has 1 unspecified atom stereocenters. The number of hydrogen-bond donors (Lipinski definition) is 3. The van der Waals surface area contributed by atoms with Crippen LogP contribution in [0.1, 0.15) is 72.1 Å². The Morgan fingerprint density at radius 3 is 1.98 bits per heavy atom.